The number of nitrogens with zero attached hydrogens (tertiary/aromatic N) is 1. The predicted octanol–water partition coefficient (Wildman–Crippen LogP) is 2.76. The summed E-state index contributed by atoms with van der Waals surface area (Å²) >= 11 is 0. The van der Waals surface area contributed by atoms with E-state index in [4.69, 9.17) is 10.9 Å². The summed E-state index contributed by atoms with van der Waals surface area (Å²) in [5, 5.41) is 15.2. The maximum absolute atomic E-state index is 8.66. The third kappa shape index (κ3) is 4.91. The molecule has 4 nitrogen and oxygen atoms in total. The van der Waals surface area contributed by atoms with Crippen molar-refractivity contribution in [3.63, 3.8) is 0 Å². The van der Waals surface area contributed by atoms with E-state index >= 15 is 0 Å². The molecule has 0 aliphatic rings. The zero-order valence-corrected chi connectivity index (χ0v) is 12.1. The van der Waals surface area contributed by atoms with Crippen LogP contribution in [0.25, 0.3) is 0 Å². The number of oxime groups is 1. The van der Waals surface area contributed by atoms with E-state index in [0.717, 1.165) is 17.7 Å². The lowest BCUT2D eigenvalue weighted by Crippen LogP contribution is -2.25. The predicted molar refractivity (Wildman–Crippen MR) is 79.5 cm³/mol. The third-order valence-electron chi connectivity index (χ3n) is 3.38. The Morgan fingerprint density at radius 2 is 2.21 bits per heavy atom. The molecule has 1 rings (SSSR count). The molecule has 0 radical (unpaired) electrons. The maximum Gasteiger partial charge on any atom is 0.170 e. The van der Waals surface area contributed by atoms with Crippen LogP contribution in [0.4, 0.5) is 0 Å². The number of hydrogen-bond donors (Lipinski definition) is 3. The van der Waals surface area contributed by atoms with E-state index < -0.39 is 0 Å². The Morgan fingerprint density at radius 1 is 1.47 bits per heavy atom. The number of benzene rings is 1. The first-order valence-electron chi connectivity index (χ1n) is 6.89. The maximum atomic E-state index is 8.66. The van der Waals surface area contributed by atoms with Gasteiger partial charge in [0.25, 0.3) is 0 Å². The summed E-state index contributed by atoms with van der Waals surface area (Å²) in [6.07, 6.45) is 3.70. The molecule has 0 saturated carbocycles. The molecule has 0 bridgehead atoms. The number of amidine groups is 1. The minimum Gasteiger partial charge on any atom is -0.409 e. The minimum absolute atomic E-state index is 0.152. The van der Waals surface area contributed by atoms with Gasteiger partial charge >= 0.3 is 0 Å². The molecule has 0 amide bonds. The summed E-state index contributed by atoms with van der Waals surface area (Å²) < 4.78 is 0. The summed E-state index contributed by atoms with van der Waals surface area (Å²) in [5.74, 6) is 0.152. The number of nitrogens with two attached hydrogens (primary N) is 1. The van der Waals surface area contributed by atoms with Gasteiger partial charge in [0.05, 0.1) is 0 Å². The zero-order valence-electron chi connectivity index (χ0n) is 12.1. The largest absolute Gasteiger partial charge is 0.409 e. The highest BCUT2D eigenvalue weighted by atomic mass is 16.4. The second-order valence-electron chi connectivity index (χ2n) is 5.05. The molecule has 0 aromatic heterocycles. The normalized spacial score (nSPS) is 13.5. The van der Waals surface area contributed by atoms with Gasteiger partial charge in [-0.2, -0.15) is 0 Å². The van der Waals surface area contributed by atoms with Gasteiger partial charge in [-0.15, -0.1) is 0 Å². The Bertz CT molecular complexity index is 429. The number of unbranched alkanes of at least 4 members (excludes halogenated alkanes) is 1. The average Bonchev–Trinajstić information content (AvgIpc) is 2.42. The van der Waals surface area contributed by atoms with Gasteiger partial charge in [0.15, 0.2) is 5.84 Å². The summed E-state index contributed by atoms with van der Waals surface area (Å²) in [4.78, 5) is 0. The molecule has 19 heavy (non-hydrogen) atoms. The number of hydrogen-bond acceptors (Lipinski definition) is 3. The van der Waals surface area contributed by atoms with Crippen molar-refractivity contribution in [3.05, 3.63) is 34.9 Å². The highest BCUT2D eigenvalue weighted by Gasteiger charge is 2.05. The Kier molecular flexibility index (Phi) is 6.36. The molecule has 1 atom stereocenters. The molecule has 4 N–H and O–H groups in total. The van der Waals surface area contributed by atoms with Gasteiger partial charge in [-0.25, -0.2) is 0 Å². The Labute approximate surface area is 115 Å². The van der Waals surface area contributed by atoms with Crippen molar-refractivity contribution < 1.29 is 5.21 Å². The van der Waals surface area contributed by atoms with Crippen molar-refractivity contribution in [2.75, 3.05) is 0 Å². The molecule has 0 saturated heterocycles. The van der Waals surface area contributed by atoms with Crippen LogP contribution in [0.3, 0.4) is 0 Å². The molecule has 106 valence electrons. The van der Waals surface area contributed by atoms with Gasteiger partial charge in [0.2, 0.25) is 0 Å². The van der Waals surface area contributed by atoms with Gasteiger partial charge in [-0.3, -0.25) is 0 Å². The Morgan fingerprint density at radius 3 is 2.79 bits per heavy atom. The van der Waals surface area contributed by atoms with Crippen molar-refractivity contribution in [3.8, 4) is 0 Å². The second-order valence-corrected chi connectivity index (χ2v) is 5.05. The first kappa shape index (κ1) is 15.5. The topological polar surface area (TPSA) is 70.6 Å². The van der Waals surface area contributed by atoms with E-state index in [-0.39, 0.29) is 5.84 Å². The molecule has 0 heterocycles. The van der Waals surface area contributed by atoms with Crippen molar-refractivity contribution >= 4 is 5.84 Å². The molecular formula is C15H25N3O. The van der Waals surface area contributed by atoms with Crippen LogP contribution in [-0.2, 0) is 6.54 Å². The quantitative estimate of drug-likeness (QED) is 0.306. The van der Waals surface area contributed by atoms with Crippen LogP contribution in [0.1, 0.15) is 49.8 Å². The van der Waals surface area contributed by atoms with Crippen molar-refractivity contribution in [1.82, 2.24) is 5.32 Å². The van der Waals surface area contributed by atoms with Crippen LogP contribution >= 0.6 is 0 Å². The number of rotatable bonds is 7. The smallest absolute Gasteiger partial charge is 0.170 e. The third-order valence-corrected chi connectivity index (χ3v) is 3.38. The van der Waals surface area contributed by atoms with Gasteiger partial charge in [-0.05, 0) is 37.5 Å². The van der Waals surface area contributed by atoms with Crippen LogP contribution in [0.5, 0.6) is 0 Å². The molecule has 1 unspecified atom stereocenters. The molecule has 4 heteroatoms. The van der Waals surface area contributed by atoms with Crippen LogP contribution in [0, 0.1) is 6.92 Å². The van der Waals surface area contributed by atoms with Gasteiger partial charge < -0.3 is 16.3 Å². The van der Waals surface area contributed by atoms with Crippen molar-refractivity contribution in [2.24, 2.45) is 10.9 Å². The summed E-state index contributed by atoms with van der Waals surface area (Å²) in [6, 6.07) is 6.39. The average molecular weight is 263 g/mol. The van der Waals surface area contributed by atoms with E-state index in [2.05, 4.69) is 24.3 Å². The SMILES string of the molecule is CCCCC(C)NCc1ccc(/C(N)=N/O)cc1C. The summed E-state index contributed by atoms with van der Waals surface area (Å²) in [7, 11) is 0. The van der Waals surface area contributed by atoms with Gasteiger partial charge in [0, 0.05) is 18.2 Å². The molecule has 0 aliphatic heterocycles. The first-order valence-corrected chi connectivity index (χ1v) is 6.89. The van der Waals surface area contributed by atoms with E-state index in [1.54, 1.807) is 0 Å². The Balaban J connectivity index is 2.60. The molecule has 1 aromatic rings. The van der Waals surface area contributed by atoms with Gasteiger partial charge in [0.1, 0.15) is 0 Å². The van der Waals surface area contributed by atoms with Gasteiger partial charge in [-0.1, -0.05) is 37.1 Å². The lowest BCUT2D eigenvalue weighted by molar-refractivity contribution is 0.318. The zero-order chi connectivity index (χ0) is 14.3. The van der Waals surface area contributed by atoms with Crippen LogP contribution < -0.4 is 11.1 Å². The lowest BCUT2D eigenvalue weighted by Gasteiger charge is -2.15. The standard InChI is InChI=1S/C15H25N3O/c1-4-5-6-12(3)17-10-14-8-7-13(9-11(14)2)15(16)18-19/h7-9,12,17,19H,4-6,10H2,1-3H3,(H2,16,18). The number of aryl methyl sites for hydroxylation is 1. The molecule has 0 aliphatic carbocycles. The highest BCUT2D eigenvalue weighted by Crippen LogP contribution is 2.12. The Hall–Kier alpha value is -1.55. The lowest BCUT2D eigenvalue weighted by atomic mass is 10.0. The van der Waals surface area contributed by atoms with Crippen LogP contribution in [0.15, 0.2) is 23.4 Å². The molecule has 1 aromatic carbocycles. The number of nitrogens with one attached hydrogen (secondary N) is 1. The summed E-state index contributed by atoms with van der Waals surface area (Å²) in [6.45, 7) is 7.33. The fourth-order valence-corrected chi connectivity index (χ4v) is 2.01. The van der Waals surface area contributed by atoms with Crippen molar-refractivity contribution in [1.29, 1.82) is 0 Å². The van der Waals surface area contributed by atoms with E-state index in [1.807, 2.05) is 25.1 Å². The fraction of sp³-hybridized carbons (Fsp3) is 0.533. The first-order chi connectivity index (χ1) is 9.08. The highest BCUT2D eigenvalue weighted by molar-refractivity contribution is 5.97. The minimum atomic E-state index is 0.152. The van der Waals surface area contributed by atoms with E-state index in [9.17, 15) is 0 Å². The monoisotopic (exact) mass is 263 g/mol. The summed E-state index contributed by atoms with van der Waals surface area (Å²) in [5.41, 5.74) is 8.73. The fourth-order valence-electron chi connectivity index (χ4n) is 2.01. The molecule has 0 spiro atoms. The van der Waals surface area contributed by atoms with Crippen LogP contribution in [-0.4, -0.2) is 17.1 Å². The van der Waals surface area contributed by atoms with E-state index in [1.165, 1.54) is 24.8 Å². The van der Waals surface area contributed by atoms with Crippen LogP contribution in [0.2, 0.25) is 0 Å². The van der Waals surface area contributed by atoms with E-state index in [0.29, 0.717) is 6.04 Å². The molecule has 0 fully saturated rings. The second kappa shape index (κ2) is 7.79. The molecular weight excluding hydrogens is 238 g/mol. The van der Waals surface area contributed by atoms with Crippen molar-refractivity contribution in [2.45, 2.75) is 52.6 Å².